The van der Waals surface area contributed by atoms with Gasteiger partial charge in [-0.3, -0.25) is 9.78 Å². The first-order valence-corrected chi connectivity index (χ1v) is 5.69. The van der Waals surface area contributed by atoms with E-state index in [1.807, 2.05) is 6.92 Å². The molecule has 0 aromatic carbocycles. The van der Waals surface area contributed by atoms with Crippen molar-refractivity contribution in [2.45, 2.75) is 19.8 Å². The van der Waals surface area contributed by atoms with E-state index in [9.17, 15) is 9.59 Å². The van der Waals surface area contributed by atoms with Crippen molar-refractivity contribution >= 4 is 17.7 Å². The number of rotatable bonds is 7. The molecular weight excluding hydrogens is 236 g/mol. The summed E-state index contributed by atoms with van der Waals surface area (Å²) in [5, 5.41) is 14.3. The molecule has 1 aromatic heterocycles. The van der Waals surface area contributed by atoms with Gasteiger partial charge in [0.15, 0.2) is 5.69 Å². The molecule has 1 heterocycles. The molecule has 18 heavy (non-hydrogen) atoms. The number of carboxylic acids is 1. The molecule has 1 amide bonds. The van der Waals surface area contributed by atoms with Crippen LogP contribution < -0.4 is 10.6 Å². The molecule has 7 heteroatoms. The third-order valence-electron chi connectivity index (χ3n) is 2.08. The van der Waals surface area contributed by atoms with Gasteiger partial charge in [-0.15, -0.1) is 0 Å². The molecule has 0 aliphatic rings. The van der Waals surface area contributed by atoms with Crippen LogP contribution in [-0.2, 0) is 4.79 Å². The van der Waals surface area contributed by atoms with Crippen molar-refractivity contribution in [3.05, 3.63) is 18.1 Å². The van der Waals surface area contributed by atoms with E-state index in [2.05, 4.69) is 20.6 Å². The smallest absolute Gasteiger partial charge is 0.356 e. The molecule has 1 aromatic rings. The molecule has 3 N–H and O–H groups in total. The van der Waals surface area contributed by atoms with Crippen molar-refractivity contribution in [1.82, 2.24) is 15.3 Å². The van der Waals surface area contributed by atoms with Crippen molar-refractivity contribution < 1.29 is 14.7 Å². The number of nitrogens with zero attached hydrogens (tertiary/aromatic N) is 2. The zero-order valence-corrected chi connectivity index (χ0v) is 10.1. The molecule has 0 bridgehead atoms. The monoisotopic (exact) mass is 252 g/mol. The van der Waals surface area contributed by atoms with Crippen LogP contribution in [0.3, 0.4) is 0 Å². The number of amides is 1. The number of aromatic carboxylic acids is 1. The lowest BCUT2D eigenvalue weighted by Crippen LogP contribution is -2.26. The summed E-state index contributed by atoms with van der Waals surface area (Å²) in [6, 6.07) is 0. The Morgan fingerprint density at radius 2 is 2.11 bits per heavy atom. The van der Waals surface area contributed by atoms with Crippen LogP contribution in [0.25, 0.3) is 0 Å². The lowest BCUT2D eigenvalue weighted by molar-refractivity contribution is -0.120. The Balaban J connectivity index is 2.37. The molecule has 0 aliphatic heterocycles. The quantitative estimate of drug-likeness (QED) is 0.653. The second-order valence-corrected chi connectivity index (χ2v) is 3.62. The minimum Gasteiger partial charge on any atom is -0.476 e. The van der Waals surface area contributed by atoms with Gasteiger partial charge < -0.3 is 15.7 Å². The van der Waals surface area contributed by atoms with Gasteiger partial charge in [-0.25, -0.2) is 9.78 Å². The number of carbonyl (C=O) groups excluding carboxylic acids is 1. The van der Waals surface area contributed by atoms with Gasteiger partial charge in [-0.2, -0.15) is 0 Å². The number of hydrogen-bond acceptors (Lipinski definition) is 5. The van der Waals surface area contributed by atoms with Crippen LogP contribution in [0.4, 0.5) is 5.82 Å². The lowest BCUT2D eigenvalue weighted by atomic mass is 10.3. The van der Waals surface area contributed by atoms with Gasteiger partial charge in [0, 0.05) is 19.5 Å². The summed E-state index contributed by atoms with van der Waals surface area (Å²) in [6.45, 7) is 3.02. The Hall–Kier alpha value is -2.18. The highest BCUT2D eigenvalue weighted by molar-refractivity contribution is 5.85. The topological polar surface area (TPSA) is 104 Å². The third kappa shape index (κ3) is 4.77. The van der Waals surface area contributed by atoms with Crippen LogP contribution in [0.15, 0.2) is 12.4 Å². The first-order chi connectivity index (χ1) is 8.63. The molecule has 0 aliphatic carbocycles. The van der Waals surface area contributed by atoms with Gasteiger partial charge in [-0.1, -0.05) is 6.92 Å². The van der Waals surface area contributed by atoms with Crippen LogP contribution in [0.5, 0.6) is 0 Å². The van der Waals surface area contributed by atoms with Crippen LogP contribution in [0.2, 0.25) is 0 Å². The second kappa shape index (κ2) is 7.21. The van der Waals surface area contributed by atoms with Crippen LogP contribution in [0, 0.1) is 0 Å². The molecule has 0 radical (unpaired) electrons. The second-order valence-electron chi connectivity index (χ2n) is 3.62. The van der Waals surface area contributed by atoms with Gasteiger partial charge in [0.05, 0.1) is 12.4 Å². The highest BCUT2D eigenvalue weighted by Crippen LogP contribution is 2.01. The molecule has 0 saturated heterocycles. The predicted molar refractivity (Wildman–Crippen MR) is 65.4 cm³/mol. The molecule has 7 nitrogen and oxygen atoms in total. The highest BCUT2D eigenvalue weighted by atomic mass is 16.4. The van der Waals surface area contributed by atoms with Crippen molar-refractivity contribution in [3.8, 4) is 0 Å². The summed E-state index contributed by atoms with van der Waals surface area (Å²) >= 11 is 0. The fourth-order valence-electron chi connectivity index (χ4n) is 1.21. The van der Waals surface area contributed by atoms with E-state index in [-0.39, 0.29) is 11.6 Å². The molecule has 98 valence electrons. The van der Waals surface area contributed by atoms with Crippen molar-refractivity contribution in [2.75, 3.05) is 18.4 Å². The van der Waals surface area contributed by atoms with Gasteiger partial charge in [0.1, 0.15) is 5.82 Å². The highest BCUT2D eigenvalue weighted by Gasteiger charge is 2.06. The van der Waals surface area contributed by atoms with Gasteiger partial charge >= 0.3 is 5.97 Å². The van der Waals surface area contributed by atoms with Crippen molar-refractivity contribution in [2.24, 2.45) is 0 Å². The number of aromatic nitrogens is 2. The van der Waals surface area contributed by atoms with Gasteiger partial charge in [-0.05, 0) is 6.42 Å². The van der Waals surface area contributed by atoms with E-state index < -0.39 is 5.97 Å². The number of anilines is 1. The summed E-state index contributed by atoms with van der Waals surface area (Å²) in [7, 11) is 0. The Morgan fingerprint density at radius 3 is 2.78 bits per heavy atom. The summed E-state index contributed by atoms with van der Waals surface area (Å²) in [5.41, 5.74) is -0.129. The maximum absolute atomic E-state index is 11.3. The van der Waals surface area contributed by atoms with Crippen LogP contribution in [-0.4, -0.2) is 40.0 Å². The Bertz CT molecular complexity index is 423. The average Bonchev–Trinajstić information content (AvgIpc) is 2.36. The first kappa shape index (κ1) is 13.9. The van der Waals surface area contributed by atoms with E-state index in [1.54, 1.807) is 0 Å². The Morgan fingerprint density at radius 1 is 1.33 bits per heavy atom. The number of nitrogens with one attached hydrogen (secondary N) is 2. The Labute approximate surface area is 105 Å². The standard InChI is InChI=1S/C11H16N4O3/c1-2-4-14-10(16)3-5-13-9-7-12-6-8(15-9)11(17)18/h6-7H,2-5H2,1H3,(H,13,15)(H,14,16)(H,17,18). The first-order valence-electron chi connectivity index (χ1n) is 5.69. The maximum Gasteiger partial charge on any atom is 0.356 e. The predicted octanol–water partition coefficient (Wildman–Crippen LogP) is 0.503. The fourth-order valence-corrected chi connectivity index (χ4v) is 1.21. The van der Waals surface area contributed by atoms with Crippen LogP contribution >= 0.6 is 0 Å². The summed E-state index contributed by atoms with van der Waals surface area (Å²) in [6.07, 6.45) is 3.78. The van der Waals surface area contributed by atoms with E-state index in [0.29, 0.717) is 25.3 Å². The normalized spacial score (nSPS) is 9.83. The molecule has 0 saturated carbocycles. The zero-order valence-electron chi connectivity index (χ0n) is 10.1. The van der Waals surface area contributed by atoms with E-state index in [4.69, 9.17) is 5.11 Å². The lowest BCUT2D eigenvalue weighted by Gasteiger charge is -2.06. The third-order valence-corrected chi connectivity index (χ3v) is 2.08. The molecule has 0 fully saturated rings. The SMILES string of the molecule is CCCNC(=O)CCNc1cncc(C(=O)O)n1. The summed E-state index contributed by atoms with van der Waals surface area (Å²) in [4.78, 5) is 29.5. The van der Waals surface area contributed by atoms with Gasteiger partial charge in [0.2, 0.25) is 5.91 Å². The van der Waals surface area contributed by atoms with Crippen molar-refractivity contribution in [1.29, 1.82) is 0 Å². The average molecular weight is 252 g/mol. The molecule has 0 spiro atoms. The Kier molecular flexibility index (Phi) is 5.56. The number of carboxylic acid groups (broad SMARTS) is 1. The molecular formula is C11H16N4O3. The minimum atomic E-state index is -1.13. The minimum absolute atomic E-state index is 0.0494. The largest absolute Gasteiger partial charge is 0.476 e. The van der Waals surface area contributed by atoms with E-state index in [0.717, 1.165) is 6.42 Å². The zero-order chi connectivity index (χ0) is 13.4. The fraction of sp³-hybridized carbons (Fsp3) is 0.455. The van der Waals surface area contributed by atoms with E-state index >= 15 is 0 Å². The van der Waals surface area contributed by atoms with E-state index in [1.165, 1.54) is 12.4 Å². The summed E-state index contributed by atoms with van der Waals surface area (Å²) in [5.74, 6) is -0.836. The molecule has 0 atom stereocenters. The van der Waals surface area contributed by atoms with Crippen molar-refractivity contribution in [3.63, 3.8) is 0 Å². The van der Waals surface area contributed by atoms with Crippen LogP contribution in [0.1, 0.15) is 30.3 Å². The molecule has 1 rings (SSSR count). The number of carbonyl (C=O) groups is 2. The summed E-state index contributed by atoms with van der Waals surface area (Å²) < 4.78 is 0. The molecule has 0 unspecified atom stereocenters. The maximum atomic E-state index is 11.3. The van der Waals surface area contributed by atoms with Gasteiger partial charge in [0.25, 0.3) is 0 Å². The number of hydrogen-bond donors (Lipinski definition) is 3.